The lowest BCUT2D eigenvalue weighted by Gasteiger charge is -2.22. The van der Waals surface area contributed by atoms with Gasteiger partial charge in [-0.05, 0) is 55.9 Å². The van der Waals surface area contributed by atoms with Gasteiger partial charge in [0.1, 0.15) is 5.75 Å². The van der Waals surface area contributed by atoms with Crippen LogP contribution in [0, 0.1) is 0 Å². The second-order valence-corrected chi connectivity index (χ2v) is 5.39. The molecule has 2 aromatic carbocycles. The molecule has 0 saturated heterocycles. The van der Waals surface area contributed by atoms with Crippen molar-refractivity contribution in [2.75, 3.05) is 26.1 Å². The van der Waals surface area contributed by atoms with Gasteiger partial charge in [0.25, 0.3) is 0 Å². The van der Waals surface area contributed by atoms with Crippen molar-refractivity contribution in [2.45, 2.75) is 13.0 Å². The van der Waals surface area contributed by atoms with Crippen LogP contribution in [0.5, 0.6) is 5.75 Å². The SMILES string of the molecule is CNC(C)c1ccc(N(C)c2ccc(OC)cc2)c(Cl)c1. The molecular formula is C17H21ClN2O. The lowest BCUT2D eigenvalue weighted by molar-refractivity contribution is 0.415. The van der Waals surface area contributed by atoms with Crippen LogP contribution < -0.4 is 15.0 Å². The van der Waals surface area contributed by atoms with E-state index in [-0.39, 0.29) is 6.04 Å². The van der Waals surface area contributed by atoms with E-state index >= 15 is 0 Å². The molecule has 4 heteroatoms. The highest BCUT2D eigenvalue weighted by Crippen LogP contribution is 2.33. The van der Waals surface area contributed by atoms with E-state index in [1.165, 1.54) is 5.56 Å². The normalized spacial score (nSPS) is 12.0. The number of anilines is 2. The van der Waals surface area contributed by atoms with Crippen molar-refractivity contribution in [2.24, 2.45) is 0 Å². The number of rotatable bonds is 5. The van der Waals surface area contributed by atoms with Crippen molar-refractivity contribution in [1.29, 1.82) is 0 Å². The summed E-state index contributed by atoms with van der Waals surface area (Å²) in [4.78, 5) is 2.07. The highest BCUT2D eigenvalue weighted by Gasteiger charge is 2.11. The quantitative estimate of drug-likeness (QED) is 0.886. The Morgan fingerprint density at radius 1 is 1.14 bits per heavy atom. The van der Waals surface area contributed by atoms with Gasteiger partial charge in [-0.3, -0.25) is 0 Å². The average molecular weight is 305 g/mol. The number of benzene rings is 2. The van der Waals surface area contributed by atoms with Crippen molar-refractivity contribution >= 4 is 23.0 Å². The largest absolute Gasteiger partial charge is 0.497 e. The summed E-state index contributed by atoms with van der Waals surface area (Å²) >= 11 is 6.44. The Bertz CT molecular complexity index is 598. The third-order valence-electron chi connectivity index (χ3n) is 3.73. The molecule has 0 aliphatic carbocycles. The predicted octanol–water partition coefficient (Wildman–Crippen LogP) is 4.40. The van der Waals surface area contributed by atoms with Crippen molar-refractivity contribution in [3.05, 3.63) is 53.1 Å². The van der Waals surface area contributed by atoms with Crippen LogP contribution in [0.15, 0.2) is 42.5 Å². The first-order valence-electron chi connectivity index (χ1n) is 6.91. The number of hydrogen-bond donors (Lipinski definition) is 1. The number of hydrogen-bond acceptors (Lipinski definition) is 3. The highest BCUT2D eigenvalue weighted by atomic mass is 35.5. The summed E-state index contributed by atoms with van der Waals surface area (Å²) in [6, 6.07) is 14.4. The van der Waals surface area contributed by atoms with Gasteiger partial charge >= 0.3 is 0 Å². The fourth-order valence-corrected chi connectivity index (χ4v) is 2.49. The van der Waals surface area contributed by atoms with Crippen molar-refractivity contribution in [3.63, 3.8) is 0 Å². The van der Waals surface area contributed by atoms with E-state index in [1.807, 2.05) is 44.4 Å². The third kappa shape index (κ3) is 3.49. The summed E-state index contributed by atoms with van der Waals surface area (Å²) in [5.74, 6) is 0.844. The van der Waals surface area contributed by atoms with Crippen LogP contribution in [-0.4, -0.2) is 21.2 Å². The van der Waals surface area contributed by atoms with Gasteiger partial charge in [0.05, 0.1) is 17.8 Å². The molecule has 0 radical (unpaired) electrons. The van der Waals surface area contributed by atoms with Gasteiger partial charge in [0, 0.05) is 18.8 Å². The number of ether oxygens (including phenoxy) is 1. The molecule has 1 unspecified atom stereocenters. The molecule has 3 nitrogen and oxygen atoms in total. The molecule has 0 aromatic heterocycles. The first-order chi connectivity index (χ1) is 10.1. The van der Waals surface area contributed by atoms with Crippen molar-refractivity contribution in [1.82, 2.24) is 5.32 Å². The van der Waals surface area contributed by atoms with Gasteiger partial charge in [-0.1, -0.05) is 17.7 Å². The van der Waals surface area contributed by atoms with Crippen LogP contribution in [0.4, 0.5) is 11.4 Å². The number of methoxy groups -OCH3 is 1. The van der Waals surface area contributed by atoms with Crippen LogP contribution >= 0.6 is 11.6 Å². The van der Waals surface area contributed by atoms with Gasteiger partial charge in [-0.15, -0.1) is 0 Å². The number of nitrogens with one attached hydrogen (secondary N) is 1. The van der Waals surface area contributed by atoms with Crippen LogP contribution in [0.3, 0.4) is 0 Å². The zero-order chi connectivity index (χ0) is 15.4. The minimum absolute atomic E-state index is 0.280. The smallest absolute Gasteiger partial charge is 0.119 e. The maximum Gasteiger partial charge on any atom is 0.119 e. The molecule has 0 aliphatic rings. The van der Waals surface area contributed by atoms with Gasteiger partial charge in [-0.2, -0.15) is 0 Å². The number of halogens is 1. The standard InChI is InChI=1S/C17H21ClN2O/c1-12(19-2)13-5-10-17(16(18)11-13)20(3)14-6-8-15(21-4)9-7-14/h5-12,19H,1-4H3. The van der Waals surface area contributed by atoms with Crippen LogP contribution in [-0.2, 0) is 0 Å². The van der Waals surface area contributed by atoms with E-state index in [9.17, 15) is 0 Å². The Kier molecular flexibility index (Phi) is 5.10. The van der Waals surface area contributed by atoms with Crippen molar-refractivity contribution < 1.29 is 4.74 Å². The number of nitrogens with zero attached hydrogens (tertiary/aromatic N) is 1. The minimum atomic E-state index is 0.280. The Morgan fingerprint density at radius 2 is 1.81 bits per heavy atom. The van der Waals surface area contributed by atoms with E-state index in [1.54, 1.807) is 7.11 Å². The summed E-state index contributed by atoms with van der Waals surface area (Å²) in [6.45, 7) is 2.11. The third-order valence-corrected chi connectivity index (χ3v) is 4.03. The van der Waals surface area contributed by atoms with E-state index in [0.717, 1.165) is 22.1 Å². The molecule has 0 spiro atoms. The zero-order valence-electron chi connectivity index (χ0n) is 12.9. The summed E-state index contributed by atoms with van der Waals surface area (Å²) in [5, 5.41) is 3.96. The predicted molar refractivity (Wildman–Crippen MR) is 90.0 cm³/mol. The molecule has 0 heterocycles. The summed E-state index contributed by atoms with van der Waals surface area (Å²) < 4.78 is 5.18. The topological polar surface area (TPSA) is 24.5 Å². The molecule has 0 amide bonds. The average Bonchev–Trinajstić information content (AvgIpc) is 2.53. The summed E-state index contributed by atoms with van der Waals surface area (Å²) in [6.07, 6.45) is 0. The fraction of sp³-hybridized carbons (Fsp3) is 0.294. The lowest BCUT2D eigenvalue weighted by atomic mass is 10.1. The lowest BCUT2D eigenvalue weighted by Crippen LogP contribution is -2.13. The second kappa shape index (κ2) is 6.83. The Morgan fingerprint density at radius 3 is 2.33 bits per heavy atom. The van der Waals surface area contributed by atoms with E-state index in [2.05, 4.69) is 29.3 Å². The Balaban J connectivity index is 2.27. The molecule has 0 aliphatic heterocycles. The molecule has 2 rings (SSSR count). The zero-order valence-corrected chi connectivity index (χ0v) is 13.6. The maximum absolute atomic E-state index is 6.44. The van der Waals surface area contributed by atoms with E-state index in [4.69, 9.17) is 16.3 Å². The van der Waals surface area contributed by atoms with Crippen LogP contribution in [0.1, 0.15) is 18.5 Å². The Labute approximate surface area is 131 Å². The molecule has 1 atom stereocenters. The van der Waals surface area contributed by atoms with Gasteiger partial charge in [0.2, 0.25) is 0 Å². The van der Waals surface area contributed by atoms with Crippen LogP contribution in [0.25, 0.3) is 0 Å². The van der Waals surface area contributed by atoms with Crippen molar-refractivity contribution in [3.8, 4) is 5.75 Å². The molecule has 0 saturated carbocycles. The molecule has 2 aromatic rings. The molecular weight excluding hydrogens is 284 g/mol. The molecule has 0 fully saturated rings. The first kappa shape index (κ1) is 15.7. The fourth-order valence-electron chi connectivity index (χ4n) is 2.18. The van der Waals surface area contributed by atoms with Crippen LogP contribution in [0.2, 0.25) is 5.02 Å². The molecule has 1 N–H and O–H groups in total. The minimum Gasteiger partial charge on any atom is -0.497 e. The maximum atomic E-state index is 6.44. The van der Waals surface area contributed by atoms with E-state index < -0.39 is 0 Å². The molecule has 112 valence electrons. The molecule has 21 heavy (non-hydrogen) atoms. The Hall–Kier alpha value is -1.71. The summed E-state index contributed by atoms with van der Waals surface area (Å²) in [5.41, 5.74) is 3.22. The summed E-state index contributed by atoms with van der Waals surface area (Å²) in [7, 11) is 5.61. The highest BCUT2D eigenvalue weighted by molar-refractivity contribution is 6.33. The monoisotopic (exact) mass is 304 g/mol. The second-order valence-electron chi connectivity index (χ2n) is 4.98. The molecule has 0 bridgehead atoms. The first-order valence-corrected chi connectivity index (χ1v) is 7.29. The van der Waals surface area contributed by atoms with Gasteiger partial charge in [0.15, 0.2) is 0 Å². The van der Waals surface area contributed by atoms with Gasteiger partial charge in [-0.25, -0.2) is 0 Å². The van der Waals surface area contributed by atoms with Gasteiger partial charge < -0.3 is 15.0 Å². The van der Waals surface area contributed by atoms with E-state index in [0.29, 0.717) is 0 Å².